The first-order valence-electron chi connectivity index (χ1n) is 9.95. The number of carbonyl (C=O) groups is 3. The van der Waals surface area contributed by atoms with Crippen molar-refractivity contribution in [3.8, 4) is 5.69 Å². The third kappa shape index (κ3) is 6.18. The summed E-state index contributed by atoms with van der Waals surface area (Å²) in [4.78, 5) is 36.2. The zero-order valence-corrected chi connectivity index (χ0v) is 18.3. The van der Waals surface area contributed by atoms with Crippen molar-refractivity contribution in [3.63, 3.8) is 0 Å². The number of aromatic nitrogens is 2. The lowest BCUT2D eigenvalue weighted by Gasteiger charge is -2.19. The van der Waals surface area contributed by atoms with Crippen LogP contribution in [0.15, 0.2) is 60.8 Å². The molecule has 0 bridgehead atoms. The van der Waals surface area contributed by atoms with E-state index in [-0.39, 0.29) is 17.4 Å². The summed E-state index contributed by atoms with van der Waals surface area (Å²) >= 11 is 0. The number of nitrogens with one attached hydrogen (secondary N) is 3. The first kappa shape index (κ1) is 22.5. The number of anilines is 3. The van der Waals surface area contributed by atoms with Crippen molar-refractivity contribution < 1.29 is 19.1 Å². The number of para-hydroxylation sites is 1. The van der Waals surface area contributed by atoms with Crippen molar-refractivity contribution in [2.24, 2.45) is 0 Å². The van der Waals surface area contributed by atoms with Gasteiger partial charge < -0.3 is 15.4 Å². The topological polar surface area (TPSA) is 114 Å². The van der Waals surface area contributed by atoms with E-state index in [0.717, 1.165) is 5.69 Å². The van der Waals surface area contributed by atoms with Crippen LogP contribution in [0.25, 0.3) is 5.69 Å². The average Bonchev–Trinajstić information content (AvgIpc) is 3.09. The lowest BCUT2D eigenvalue weighted by molar-refractivity contribution is -0.114. The van der Waals surface area contributed by atoms with Gasteiger partial charge in [0.25, 0.3) is 5.91 Å². The van der Waals surface area contributed by atoms with Crippen LogP contribution in [0.3, 0.4) is 0 Å². The van der Waals surface area contributed by atoms with E-state index in [0.29, 0.717) is 11.3 Å². The molecule has 0 atom stereocenters. The molecule has 3 rings (SSSR count). The van der Waals surface area contributed by atoms with Gasteiger partial charge in [0, 0.05) is 18.2 Å². The average molecular weight is 435 g/mol. The fraction of sp³-hybridized carbons (Fsp3) is 0.217. The summed E-state index contributed by atoms with van der Waals surface area (Å²) in [7, 11) is 0. The predicted molar refractivity (Wildman–Crippen MR) is 122 cm³/mol. The Kier molecular flexibility index (Phi) is 6.58. The molecule has 2 aromatic carbocycles. The van der Waals surface area contributed by atoms with Crippen LogP contribution in [0.5, 0.6) is 0 Å². The zero-order valence-electron chi connectivity index (χ0n) is 18.3. The largest absolute Gasteiger partial charge is 0.444 e. The van der Waals surface area contributed by atoms with E-state index in [9.17, 15) is 14.4 Å². The lowest BCUT2D eigenvalue weighted by atomic mass is 10.2. The number of carbonyl (C=O) groups excluding carboxylic acids is 3. The maximum atomic E-state index is 12.8. The molecule has 3 N–H and O–H groups in total. The number of ether oxygens (including phenoxy) is 1. The van der Waals surface area contributed by atoms with Gasteiger partial charge in [-0.2, -0.15) is 0 Å². The molecule has 0 aliphatic heterocycles. The Morgan fingerprint density at radius 1 is 0.906 bits per heavy atom. The van der Waals surface area contributed by atoms with Crippen molar-refractivity contribution in [2.45, 2.75) is 33.3 Å². The van der Waals surface area contributed by atoms with Gasteiger partial charge in [-0.05, 0) is 57.2 Å². The smallest absolute Gasteiger partial charge is 0.412 e. The molecule has 1 aromatic heterocycles. The Balaban J connectivity index is 1.84. The summed E-state index contributed by atoms with van der Waals surface area (Å²) in [5.41, 5.74) is 1.29. The first-order valence-corrected chi connectivity index (χ1v) is 9.95. The maximum Gasteiger partial charge on any atom is 0.412 e. The predicted octanol–water partition coefficient (Wildman–Crippen LogP) is 4.43. The maximum absolute atomic E-state index is 12.8. The van der Waals surface area contributed by atoms with Crippen LogP contribution in [0.4, 0.5) is 22.0 Å². The zero-order chi connectivity index (χ0) is 23.3. The van der Waals surface area contributed by atoms with E-state index in [1.54, 1.807) is 55.9 Å². The molecule has 0 saturated heterocycles. The molecule has 166 valence electrons. The minimum Gasteiger partial charge on any atom is -0.444 e. The Hall–Kier alpha value is -4.14. The highest BCUT2D eigenvalue weighted by Crippen LogP contribution is 2.24. The number of hydrogen-bond acceptors (Lipinski definition) is 5. The number of rotatable bonds is 5. The van der Waals surface area contributed by atoms with Gasteiger partial charge in [-0.3, -0.25) is 14.9 Å². The molecule has 3 amide bonds. The quantitative estimate of drug-likeness (QED) is 0.548. The van der Waals surface area contributed by atoms with Crippen LogP contribution in [0.2, 0.25) is 0 Å². The SMILES string of the molecule is CC(=O)Nc1ccc(C(=O)Nc2nn(-c3ccccc3)cc2NC(=O)OC(C)(C)C)cc1. The van der Waals surface area contributed by atoms with E-state index in [2.05, 4.69) is 21.0 Å². The Labute approximate surface area is 185 Å². The molecule has 9 heteroatoms. The van der Waals surface area contributed by atoms with Crippen LogP contribution in [0, 0.1) is 0 Å². The van der Waals surface area contributed by atoms with E-state index in [4.69, 9.17) is 4.74 Å². The molecule has 32 heavy (non-hydrogen) atoms. The van der Waals surface area contributed by atoms with E-state index < -0.39 is 17.6 Å². The fourth-order valence-corrected chi connectivity index (χ4v) is 2.77. The number of amides is 3. The summed E-state index contributed by atoms with van der Waals surface area (Å²) in [6.45, 7) is 6.68. The van der Waals surface area contributed by atoms with Crippen molar-refractivity contribution in [2.75, 3.05) is 16.0 Å². The van der Waals surface area contributed by atoms with Gasteiger partial charge in [-0.1, -0.05) is 18.2 Å². The fourth-order valence-electron chi connectivity index (χ4n) is 2.77. The summed E-state index contributed by atoms with van der Waals surface area (Å²) in [6, 6.07) is 15.7. The summed E-state index contributed by atoms with van der Waals surface area (Å²) in [5, 5.41) is 12.4. The van der Waals surface area contributed by atoms with Crippen molar-refractivity contribution >= 4 is 35.1 Å². The Morgan fingerprint density at radius 2 is 1.56 bits per heavy atom. The molecule has 3 aromatic rings. The summed E-state index contributed by atoms with van der Waals surface area (Å²) in [6.07, 6.45) is 0.926. The van der Waals surface area contributed by atoms with Gasteiger partial charge in [0.05, 0.1) is 11.9 Å². The highest BCUT2D eigenvalue weighted by molar-refractivity contribution is 6.06. The number of nitrogens with zero attached hydrogens (tertiary/aromatic N) is 2. The molecular formula is C23H25N5O4. The molecule has 0 aliphatic rings. The highest BCUT2D eigenvalue weighted by Gasteiger charge is 2.20. The third-order valence-corrected chi connectivity index (χ3v) is 4.07. The van der Waals surface area contributed by atoms with Crippen LogP contribution < -0.4 is 16.0 Å². The van der Waals surface area contributed by atoms with Gasteiger partial charge in [-0.25, -0.2) is 9.48 Å². The van der Waals surface area contributed by atoms with Crippen LogP contribution in [-0.2, 0) is 9.53 Å². The van der Waals surface area contributed by atoms with E-state index in [1.165, 1.54) is 6.92 Å². The first-order chi connectivity index (χ1) is 15.1. The number of benzene rings is 2. The molecule has 0 saturated carbocycles. The second-order valence-corrected chi connectivity index (χ2v) is 8.01. The van der Waals surface area contributed by atoms with Crippen LogP contribution in [0.1, 0.15) is 38.1 Å². The second kappa shape index (κ2) is 9.34. The molecular weight excluding hydrogens is 410 g/mol. The lowest BCUT2D eigenvalue weighted by Crippen LogP contribution is -2.27. The highest BCUT2D eigenvalue weighted by atomic mass is 16.6. The van der Waals surface area contributed by atoms with E-state index in [1.807, 2.05) is 30.3 Å². The molecule has 0 unspecified atom stereocenters. The van der Waals surface area contributed by atoms with Gasteiger partial charge >= 0.3 is 6.09 Å². The molecule has 0 aliphatic carbocycles. The van der Waals surface area contributed by atoms with Crippen LogP contribution >= 0.6 is 0 Å². The molecule has 1 heterocycles. The van der Waals surface area contributed by atoms with E-state index >= 15 is 0 Å². The van der Waals surface area contributed by atoms with Crippen LogP contribution in [-0.4, -0.2) is 33.3 Å². The third-order valence-electron chi connectivity index (χ3n) is 4.07. The summed E-state index contributed by atoms with van der Waals surface area (Å²) in [5.74, 6) is -0.466. The minimum absolute atomic E-state index is 0.163. The van der Waals surface area contributed by atoms with Crippen molar-refractivity contribution in [1.29, 1.82) is 0 Å². The van der Waals surface area contributed by atoms with Crippen molar-refractivity contribution in [3.05, 3.63) is 66.4 Å². The molecule has 9 nitrogen and oxygen atoms in total. The van der Waals surface area contributed by atoms with Gasteiger partial charge in [-0.15, -0.1) is 5.10 Å². The summed E-state index contributed by atoms with van der Waals surface area (Å²) < 4.78 is 6.86. The van der Waals surface area contributed by atoms with Gasteiger partial charge in [0.2, 0.25) is 5.91 Å². The second-order valence-electron chi connectivity index (χ2n) is 8.01. The van der Waals surface area contributed by atoms with Gasteiger partial charge in [0.1, 0.15) is 11.3 Å². The standard InChI is InChI=1S/C23H25N5O4/c1-15(29)24-17-12-10-16(11-13-17)21(30)26-20-19(25-22(31)32-23(2,3)4)14-28(27-20)18-8-6-5-7-9-18/h5-14H,1-4H3,(H,24,29)(H,25,31)(H,26,27,30). The normalized spacial score (nSPS) is 10.9. The minimum atomic E-state index is -0.682. The van der Waals surface area contributed by atoms with Gasteiger partial charge in [0.15, 0.2) is 5.82 Å². The van der Waals surface area contributed by atoms with Crippen molar-refractivity contribution in [1.82, 2.24) is 9.78 Å². The Morgan fingerprint density at radius 3 is 2.16 bits per heavy atom. The Bertz CT molecular complexity index is 1120. The molecule has 0 radical (unpaired) electrons. The monoisotopic (exact) mass is 435 g/mol. The molecule has 0 fully saturated rings. The molecule has 0 spiro atoms. The number of hydrogen-bond donors (Lipinski definition) is 3.